The maximum atomic E-state index is 11.3. The lowest BCUT2D eigenvalue weighted by atomic mass is 9.96. The second-order valence-electron chi connectivity index (χ2n) is 4.06. The Balaban J connectivity index is 2.19. The van der Waals surface area contributed by atoms with Crippen molar-refractivity contribution < 1.29 is 9.53 Å². The Hall–Kier alpha value is -1.31. The van der Waals surface area contributed by atoms with Crippen LogP contribution in [0.5, 0.6) is 0 Å². The van der Waals surface area contributed by atoms with E-state index in [-0.39, 0.29) is 17.3 Å². The smallest absolute Gasteiger partial charge is 0.309 e. The number of methoxy groups -OCH3 is 1. The van der Waals surface area contributed by atoms with Crippen molar-refractivity contribution >= 4 is 5.97 Å². The van der Waals surface area contributed by atoms with E-state index in [9.17, 15) is 4.79 Å². The van der Waals surface area contributed by atoms with Gasteiger partial charge in [-0.2, -0.15) is 0 Å². The van der Waals surface area contributed by atoms with Gasteiger partial charge < -0.3 is 4.74 Å². The molecule has 1 saturated carbocycles. The summed E-state index contributed by atoms with van der Waals surface area (Å²) in [5.74, 6) is -0.0359. The molecule has 0 spiro atoms. The average molecular weight is 190 g/mol. The van der Waals surface area contributed by atoms with Gasteiger partial charge in [-0.1, -0.05) is 37.3 Å². The highest BCUT2D eigenvalue weighted by molar-refractivity contribution is 5.78. The Labute approximate surface area is 83.9 Å². The van der Waals surface area contributed by atoms with E-state index in [1.165, 1.54) is 12.7 Å². The van der Waals surface area contributed by atoms with E-state index in [0.29, 0.717) is 0 Å². The van der Waals surface area contributed by atoms with Crippen molar-refractivity contribution in [2.75, 3.05) is 7.11 Å². The van der Waals surface area contributed by atoms with Gasteiger partial charge in [-0.25, -0.2) is 0 Å². The van der Waals surface area contributed by atoms with E-state index >= 15 is 0 Å². The van der Waals surface area contributed by atoms with Gasteiger partial charge in [0.2, 0.25) is 0 Å². The van der Waals surface area contributed by atoms with Crippen LogP contribution in [0.1, 0.15) is 18.9 Å². The fourth-order valence-corrected chi connectivity index (χ4v) is 1.99. The maximum absolute atomic E-state index is 11.3. The lowest BCUT2D eigenvalue weighted by molar-refractivity contribution is -0.142. The van der Waals surface area contributed by atoms with E-state index in [1.807, 2.05) is 18.2 Å². The minimum absolute atomic E-state index is 0.00829. The quantitative estimate of drug-likeness (QED) is 0.668. The molecule has 0 heterocycles. The summed E-state index contributed by atoms with van der Waals surface area (Å²) >= 11 is 0. The third kappa shape index (κ3) is 1.31. The van der Waals surface area contributed by atoms with Crippen LogP contribution in [0.3, 0.4) is 0 Å². The van der Waals surface area contributed by atoms with Crippen molar-refractivity contribution in [1.29, 1.82) is 0 Å². The second kappa shape index (κ2) is 3.12. The third-order valence-corrected chi connectivity index (χ3v) is 3.16. The normalized spacial score (nSPS) is 29.7. The number of rotatable bonds is 2. The van der Waals surface area contributed by atoms with Crippen LogP contribution in [0.2, 0.25) is 0 Å². The molecule has 2 heteroatoms. The van der Waals surface area contributed by atoms with E-state index in [1.54, 1.807) is 0 Å². The van der Waals surface area contributed by atoms with Gasteiger partial charge in [0, 0.05) is 5.41 Å². The fraction of sp³-hybridized carbons (Fsp3) is 0.417. The summed E-state index contributed by atoms with van der Waals surface area (Å²) in [5.41, 5.74) is 1.24. The van der Waals surface area contributed by atoms with Gasteiger partial charge in [0.15, 0.2) is 0 Å². The number of esters is 1. The predicted molar refractivity (Wildman–Crippen MR) is 53.9 cm³/mol. The van der Waals surface area contributed by atoms with Gasteiger partial charge in [0.1, 0.15) is 0 Å². The Morgan fingerprint density at radius 3 is 2.64 bits per heavy atom. The minimum Gasteiger partial charge on any atom is -0.469 e. The van der Waals surface area contributed by atoms with Gasteiger partial charge in [0.25, 0.3) is 0 Å². The number of ether oxygens (including phenoxy) is 1. The van der Waals surface area contributed by atoms with E-state index < -0.39 is 0 Å². The molecule has 0 saturated heterocycles. The van der Waals surface area contributed by atoms with E-state index in [4.69, 9.17) is 4.74 Å². The minimum atomic E-state index is -0.0867. The molecule has 14 heavy (non-hydrogen) atoms. The first-order chi connectivity index (χ1) is 6.68. The lowest BCUT2D eigenvalue weighted by Gasteiger charge is -2.10. The van der Waals surface area contributed by atoms with Gasteiger partial charge in [0.05, 0.1) is 13.0 Å². The summed E-state index contributed by atoms with van der Waals surface area (Å²) in [6.07, 6.45) is 0.906. The summed E-state index contributed by atoms with van der Waals surface area (Å²) in [6, 6.07) is 10.1. The number of carbonyl (C=O) groups is 1. The Morgan fingerprint density at radius 2 is 2.07 bits per heavy atom. The molecule has 2 rings (SSSR count). The molecule has 1 aromatic carbocycles. The van der Waals surface area contributed by atoms with Gasteiger partial charge in [-0.05, 0) is 12.0 Å². The van der Waals surface area contributed by atoms with E-state index in [0.717, 1.165) is 6.42 Å². The van der Waals surface area contributed by atoms with Crippen molar-refractivity contribution in [2.24, 2.45) is 5.92 Å². The van der Waals surface area contributed by atoms with Crippen LogP contribution in [0.25, 0.3) is 0 Å². The van der Waals surface area contributed by atoms with Crippen molar-refractivity contribution in [2.45, 2.75) is 18.8 Å². The fourth-order valence-electron chi connectivity index (χ4n) is 1.99. The van der Waals surface area contributed by atoms with Crippen LogP contribution in [0.4, 0.5) is 0 Å². The molecule has 2 nitrogen and oxygen atoms in total. The second-order valence-corrected chi connectivity index (χ2v) is 4.06. The molecular weight excluding hydrogens is 176 g/mol. The molecule has 1 aliphatic carbocycles. The number of benzene rings is 1. The molecule has 0 N–H and O–H groups in total. The van der Waals surface area contributed by atoms with E-state index in [2.05, 4.69) is 19.1 Å². The molecule has 2 unspecified atom stereocenters. The third-order valence-electron chi connectivity index (χ3n) is 3.16. The van der Waals surface area contributed by atoms with Crippen LogP contribution in [0, 0.1) is 5.92 Å². The maximum Gasteiger partial charge on any atom is 0.309 e. The number of hydrogen-bond donors (Lipinski definition) is 0. The molecule has 1 aliphatic rings. The zero-order valence-electron chi connectivity index (χ0n) is 8.49. The molecule has 74 valence electrons. The van der Waals surface area contributed by atoms with Crippen molar-refractivity contribution in [3.05, 3.63) is 35.9 Å². The molecular formula is C12H14O2. The number of hydrogen-bond acceptors (Lipinski definition) is 2. The Kier molecular flexibility index (Phi) is 2.06. The first kappa shape index (κ1) is 9.25. The predicted octanol–water partition coefficient (Wildman–Crippen LogP) is 2.14. The Bertz CT molecular complexity index is 345. The van der Waals surface area contributed by atoms with Crippen molar-refractivity contribution in [1.82, 2.24) is 0 Å². The summed E-state index contributed by atoms with van der Waals surface area (Å²) in [4.78, 5) is 11.3. The van der Waals surface area contributed by atoms with Gasteiger partial charge in [-0.15, -0.1) is 0 Å². The van der Waals surface area contributed by atoms with Crippen LogP contribution in [-0.2, 0) is 14.9 Å². The van der Waals surface area contributed by atoms with Gasteiger partial charge in [-0.3, -0.25) is 4.79 Å². The topological polar surface area (TPSA) is 26.3 Å². The molecule has 0 aliphatic heterocycles. The molecule has 0 radical (unpaired) electrons. The highest BCUT2D eigenvalue weighted by atomic mass is 16.5. The Morgan fingerprint density at radius 1 is 1.43 bits per heavy atom. The van der Waals surface area contributed by atoms with Crippen LogP contribution in [-0.4, -0.2) is 13.1 Å². The molecule has 0 bridgehead atoms. The monoisotopic (exact) mass is 190 g/mol. The van der Waals surface area contributed by atoms with Crippen molar-refractivity contribution in [3.63, 3.8) is 0 Å². The summed E-state index contributed by atoms with van der Waals surface area (Å²) in [6.45, 7) is 2.11. The first-order valence-corrected chi connectivity index (χ1v) is 4.82. The summed E-state index contributed by atoms with van der Waals surface area (Å²) in [5, 5.41) is 0. The van der Waals surface area contributed by atoms with Crippen LogP contribution in [0.15, 0.2) is 30.3 Å². The molecule has 1 fully saturated rings. The molecule has 2 atom stereocenters. The largest absolute Gasteiger partial charge is 0.469 e. The van der Waals surface area contributed by atoms with Crippen molar-refractivity contribution in [3.8, 4) is 0 Å². The molecule has 0 amide bonds. The highest BCUT2D eigenvalue weighted by Gasteiger charge is 2.56. The zero-order chi connectivity index (χ0) is 10.2. The highest BCUT2D eigenvalue weighted by Crippen LogP contribution is 2.54. The number of carbonyl (C=O) groups excluding carboxylic acids is 1. The lowest BCUT2D eigenvalue weighted by Crippen LogP contribution is -2.12. The zero-order valence-corrected chi connectivity index (χ0v) is 8.49. The summed E-state index contributed by atoms with van der Waals surface area (Å²) in [7, 11) is 1.45. The van der Waals surface area contributed by atoms with Gasteiger partial charge >= 0.3 is 5.97 Å². The van der Waals surface area contributed by atoms with Crippen LogP contribution < -0.4 is 0 Å². The average Bonchev–Trinajstić information content (AvgIpc) is 2.93. The SMILES string of the molecule is COC(=O)C1CC1(C)c1ccccc1. The van der Waals surface area contributed by atoms with Crippen LogP contribution >= 0.6 is 0 Å². The molecule has 0 aromatic heterocycles. The standard InChI is InChI=1S/C12H14O2/c1-12(8-10(12)11(13)14-2)9-6-4-3-5-7-9/h3-7,10H,8H2,1-2H3. The molecule has 1 aromatic rings. The summed E-state index contributed by atoms with van der Waals surface area (Å²) < 4.78 is 4.75. The first-order valence-electron chi connectivity index (χ1n) is 4.82.